The molecule has 0 unspecified atom stereocenters. The molecule has 0 bridgehead atoms. The minimum Gasteiger partial charge on any atom is -0.378 e. The summed E-state index contributed by atoms with van der Waals surface area (Å²) in [5.41, 5.74) is 10.6. The van der Waals surface area contributed by atoms with Crippen molar-refractivity contribution in [2.75, 3.05) is 37.7 Å². The van der Waals surface area contributed by atoms with Crippen LogP contribution in [0.25, 0.3) is 16.8 Å². The van der Waals surface area contributed by atoms with Gasteiger partial charge in [0.1, 0.15) is 6.33 Å². The Morgan fingerprint density at radius 1 is 1.19 bits per heavy atom. The average molecular weight is 460 g/mol. The highest BCUT2D eigenvalue weighted by Gasteiger charge is 2.14. The number of morpholine rings is 1. The standard InChI is InChI=1S/C23H26FN5O2.ClH/c1-17-11-20(5-6-22(17)27-7-9-31-10-8-27)19-3-2-4-21(12-19)28-16-26-29(23(28)30)15-18(13-24)14-25;/h2-6,11-13,16H,7-10,14-15,25H2,1H3;1H/b18-13+;. The lowest BCUT2D eigenvalue weighted by molar-refractivity contribution is 0.122. The number of anilines is 1. The highest BCUT2D eigenvalue weighted by molar-refractivity contribution is 5.85. The molecule has 3 aromatic rings. The van der Waals surface area contributed by atoms with Crippen LogP contribution in [0, 0.1) is 6.92 Å². The summed E-state index contributed by atoms with van der Waals surface area (Å²) in [6.07, 6.45) is 1.87. The Balaban J connectivity index is 0.00000289. The summed E-state index contributed by atoms with van der Waals surface area (Å²) in [6.45, 7) is 5.46. The topological polar surface area (TPSA) is 78.3 Å². The van der Waals surface area contributed by atoms with Gasteiger partial charge in [-0.15, -0.1) is 12.4 Å². The lowest BCUT2D eigenvalue weighted by atomic mass is 10.0. The van der Waals surface area contributed by atoms with E-state index in [1.165, 1.54) is 26.8 Å². The van der Waals surface area contributed by atoms with Crippen molar-refractivity contribution < 1.29 is 9.13 Å². The highest BCUT2D eigenvalue weighted by Crippen LogP contribution is 2.28. The predicted molar refractivity (Wildman–Crippen MR) is 127 cm³/mol. The van der Waals surface area contributed by atoms with Gasteiger partial charge in [0.2, 0.25) is 0 Å². The van der Waals surface area contributed by atoms with Gasteiger partial charge in [-0.3, -0.25) is 0 Å². The quantitative estimate of drug-likeness (QED) is 0.613. The summed E-state index contributed by atoms with van der Waals surface area (Å²) in [4.78, 5) is 15.1. The second-order valence-electron chi connectivity index (χ2n) is 7.56. The molecule has 1 fully saturated rings. The largest absolute Gasteiger partial charge is 0.378 e. The van der Waals surface area contributed by atoms with Crippen LogP contribution in [0.4, 0.5) is 10.1 Å². The zero-order chi connectivity index (χ0) is 21.8. The fourth-order valence-electron chi connectivity index (χ4n) is 3.79. The third-order valence-electron chi connectivity index (χ3n) is 5.51. The minimum atomic E-state index is -0.344. The summed E-state index contributed by atoms with van der Waals surface area (Å²) in [6, 6.07) is 14.1. The predicted octanol–water partition coefficient (Wildman–Crippen LogP) is 3.08. The van der Waals surface area contributed by atoms with Crippen LogP contribution in [0.2, 0.25) is 0 Å². The zero-order valence-electron chi connectivity index (χ0n) is 17.9. The van der Waals surface area contributed by atoms with Crippen LogP contribution in [0.5, 0.6) is 0 Å². The molecule has 2 aromatic carbocycles. The molecule has 0 saturated carbocycles. The Bertz CT molecular complexity index is 1150. The number of aromatic nitrogens is 3. The van der Waals surface area contributed by atoms with Crippen LogP contribution in [0.15, 0.2) is 65.5 Å². The number of ether oxygens (including phenoxy) is 1. The molecular formula is C23H27ClFN5O2. The van der Waals surface area contributed by atoms with Crippen LogP contribution < -0.4 is 16.3 Å². The third-order valence-corrected chi connectivity index (χ3v) is 5.51. The number of nitrogens with two attached hydrogens (primary N) is 1. The molecule has 32 heavy (non-hydrogen) atoms. The molecule has 0 spiro atoms. The van der Waals surface area contributed by atoms with E-state index in [0.717, 1.165) is 37.4 Å². The molecule has 2 N–H and O–H groups in total. The number of nitrogens with zero attached hydrogens (tertiary/aromatic N) is 4. The number of benzene rings is 2. The van der Waals surface area contributed by atoms with Crippen molar-refractivity contribution >= 4 is 18.1 Å². The molecule has 170 valence electrons. The summed E-state index contributed by atoms with van der Waals surface area (Å²) >= 11 is 0. The molecule has 1 saturated heterocycles. The van der Waals surface area contributed by atoms with Gasteiger partial charge in [-0.05, 0) is 53.5 Å². The third kappa shape index (κ3) is 4.93. The lowest BCUT2D eigenvalue weighted by Crippen LogP contribution is -2.36. The maximum Gasteiger partial charge on any atom is 0.350 e. The fourth-order valence-corrected chi connectivity index (χ4v) is 3.79. The van der Waals surface area contributed by atoms with Crippen LogP contribution in [-0.2, 0) is 11.3 Å². The van der Waals surface area contributed by atoms with E-state index in [2.05, 4.69) is 35.1 Å². The van der Waals surface area contributed by atoms with Crippen molar-refractivity contribution in [2.24, 2.45) is 5.73 Å². The molecular weight excluding hydrogens is 433 g/mol. The van der Waals surface area contributed by atoms with E-state index >= 15 is 0 Å². The molecule has 0 aliphatic carbocycles. The van der Waals surface area contributed by atoms with E-state index in [-0.39, 0.29) is 31.2 Å². The molecule has 0 atom stereocenters. The Morgan fingerprint density at radius 2 is 1.94 bits per heavy atom. The lowest BCUT2D eigenvalue weighted by Gasteiger charge is -2.30. The van der Waals surface area contributed by atoms with Gasteiger partial charge in [0.15, 0.2) is 0 Å². The number of halogens is 2. The Labute approximate surface area is 192 Å². The van der Waals surface area contributed by atoms with E-state index in [4.69, 9.17) is 10.5 Å². The monoisotopic (exact) mass is 459 g/mol. The van der Waals surface area contributed by atoms with Crippen molar-refractivity contribution in [1.82, 2.24) is 14.3 Å². The highest BCUT2D eigenvalue weighted by atomic mass is 35.5. The zero-order valence-corrected chi connectivity index (χ0v) is 18.7. The first-order valence-corrected chi connectivity index (χ1v) is 10.3. The first kappa shape index (κ1) is 23.7. The smallest absolute Gasteiger partial charge is 0.350 e. The van der Waals surface area contributed by atoms with Crippen molar-refractivity contribution in [2.45, 2.75) is 13.5 Å². The van der Waals surface area contributed by atoms with Crippen molar-refractivity contribution in [3.05, 3.63) is 76.7 Å². The SMILES string of the molecule is Cc1cc(-c2cccc(-n3cnn(C/C(=C/F)CN)c3=O)c2)ccc1N1CCOCC1.Cl. The van der Waals surface area contributed by atoms with Crippen molar-refractivity contribution in [3.63, 3.8) is 0 Å². The van der Waals surface area contributed by atoms with E-state index in [1.54, 1.807) is 0 Å². The fraction of sp³-hybridized carbons (Fsp3) is 0.304. The molecule has 0 radical (unpaired) electrons. The Morgan fingerprint density at radius 3 is 2.62 bits per heavy atom. The summed E-state index contributed by atoms with van der Waals surface area (Å²) in [5, 5.41) is 4.10. The molecule has 1 aromatic heterocycles. The van der Waals surface area contributed by atoms with Gasteiger partial charge in [0.05, 0.1) is 31.8 Å². The Kier molecular flexibility index (Phi) is 7.84. The van der Waals surface area contributed by atoms with Gasteiger partial charge < -0.3 is 15.4 Å². The minimum absolute atomic E-state index is 0. The van der Waals surface area contributed by atoms with Gasteiger partial charge in [-0.2, -0.15) is 5.10 Å². The molecule has 1 aliphatic heterocycles. The normalized spacial score (nSPS) is 14.3. The van der Waals surface area contributed by atoms with Gasteiger partial charge in [-0.1, -0.05) is 18.2 Å². The number of hydrogen-bond donors (Lipinski definition) is 1. The van der Waals surface area contributed by atoms with Crippen LogP contribution in [-0.4, -0.2) is 47.2 Å². The molecule has 0 amide bonds. The van der Waals surface area contributed by atoms with Gasteiger partial charge in [-0.25, -0.2) is 18.4 Å². The maximum absolute atomic E-state index is 12.8. The molecule has 4 rings (SSSR count). The average Bonchev–Trinajstić information content (AvgIpc) is 3.18. The van der Waals surface area contributed by atoms with E-state index < -0.39 is 0 Å². The first-order valence-electron chi connectivity index (χ1n) is 10.3. The van der Waals surface area contributed by atoms with Crippen LogP contribution >= 0.6 is 12.4 Å². The number of hydrogen-bond acceptors (Lipinski definition) is 5. The summed E-state index contributed by atoms with van der Waals surface area (Å²) in [7, 11) is 0. The second-order valence-corrected chi connectivity index (χ2v) is 7.56. The Hall–Kier alpha value is -2.94. The van der Waals surface area contributed by atoms with Gasteiger partial charge in [0.25, 0.3) is 0 Å². The van der Waals surface area contributed by atoms with Crippen LogP contribution in [0.3, 0.4) is 0 Å². The number of aryl methyl sites for hydroxylation is 1. The summed E-state index contributed by atoms with van der Waals surface area (Å²) < 4.78 is 20.9. The van der Waals surface area contributed by atoms with E-state index in [0.29, 0.717) is 17.6 Å². The van der Waals surface area contributed by atoms with Crippen molar-refractivity contribution in [3.8, 4) is 16.8 Å². The van der Waals surface area contributed by atoms with Crippen LogP contribution in [0.1, 0.15) is 5.56 Å². The van der Waals surface area contributed by atoms with Crippen molar-refractivity contribution in [1.29, 1.82) is 0 Å². The van der Waals surface area contributed by atoms with E-state index in [1.807, 2.05) is 24.3 Å². The van der Waals surface area contributed by atoms with Gasteiger partial charge >= 0.3 is 5.69 Å². The second kappa shape index (κ2) is 10.6. The van der Waals surface area contributed by atoms with E-state index in [9.17, 15) is 9.18 Å². The molecule has 2 heterocycles. The maximum atomic E-state index is 12.8. The first-order chi connectivity index (χ1) is 15.1. The van der Waals surface area contributed by atoms with Gasteiger partial charge in [0, 0.05) is 25.3 Å². The molecule has 7 nitrogen and oxygen atoms in total. The molecule has 1 aliphatic rings. The summed E-state index contributed by atoms with van der Waals surface area (Å²) in [5.74, 6) is 0. The molecule has 9 heteroatoms. The number of rotatable bonds is 6.